The predicted octanol–water partition coefficient (Wildman–Crippen LogP) is 1.79. The molecule has 0 atom stereocenters. The molecule has 1 amide bonds. The summed E-state index contributed by atoms with van der Waals surface area (Å²) in [6, 6.07) is 6.88. The Kier molecular flexibility index (Phi) is 6.54. The van der Waals surface area contributed by atoms with Crippen molar-refractivity contribution >= 4 is 35.2 Å². The highest BCUT2D eigenvalue weighted by atomic mass is 32.2. The maximum absolute atomic E-state index is 12.2. The van der Waals surface area contributed by atoms with Gasteiger partial charge in [0.1, 0.15) is 0 Å². The second kappa shape index (κ2) is 8.63. The number of carboxylic acids is 1. The van der Waals surface area contributed by atoms with Crippen LogP contribution in [0.15, 0.2) is 24.3 Å². The molecule has 128 valence electrons. The number of ketones is 2. The Balaban J connectivity index is 1.65. The van der Waals surface area contributed by atoms with Crippen molar-refractivity contribution in [1.29, 1.82) is 0 Å². The summed E-state index contributed by atoms with van der Waals surface area (Å²) in [5.74, 6) is -1.94. The van der Waals surface area contributed by atoms with E-state index in [0.717, 1.165) is 11.8 Å². The van der Waals surface area contributed by atoms with E-state index in [1.807, 2.05) is 0 Å². The van der Waals surface area contributed by atoms with Gasteiger partial charge in [0.15, 0.2) is 11.6 Å². The summed E-state index contributed by atoms with van der Waals surface area (Å²) in [4.78, 5) is 46.2. The molecule has 1 aliphatic carbocycles. The fraction of sp³-hybridized carbons (Fsp3) is 0.412. The van der Waals surface area contributed by atoms with Crippen molar-refractivity contribution in [3.8, 4) is 0 Å². The van der Waals surface area contributed by atoms with Crippen molar-refractivity contribution in [3.05, 3.63) is 35.4 Å². The highest BCUT2D eigenvalue weighted by Gasteiger charge is 2.37. The molecule has 6 nitrogen and oxygen atoms in total. The Morgan fingerprint density at radius 1 is 1.04 bits per heavy atom. The summed E-state index contributed by atoms with van der Waals surface area (Å²) in [6.45, 7) is 0.453. The molecular weight excluding hydrogens is 330 g/mol. The number of amides is 1. The normalized spacial score (nSPS) is 13.8. The van der Waals surface area contributed by atoms with Crippen LogP contribution in [-0.2, 0) is 9.59 Å². The van der Waals surface area contributed by atoms with Gasteiger partial charge in [0.25, 0.3) is 0 Å². The van der Waals surface area contributed by atoms with Crippen LogP contribution >= 0.6 is 11.8 Å². The van der Waals surface area contributed by atoms with Gasteiger partial charge in [-0.25, -0.2) is 0 Å². The molecule has 0 saturated carbocycles. The SMILES string of the molecule is O=C(O)CSCC(=O)NCCCCC1C(=O)c2ccccc2C1=O. The average Bonchev–Trinajstić information content (AvgIpc) is 2.79. The third kappa shape index (κ3) is 4.67. The van der Waals surface area contributed by atoms with E-state index < -0.39 is 11.9 Å². The molecule has 0 fully saturated rings. The minimum Gasteiger partial charge on any atom is -0.481 e. The van der Waals surface area contributed by atoms with Gasteiger partial charge in [0, 0.05) is 17.7 Å². The van der Waals surface area contributed by atoms with E-state index in [0.29, 0.717) is 36.9 Å². The topological polar surface area (TPSA) is 101 Å². The number of hydrogen-bond acceptors (Lipinski definition) is 5. The Labute approximate surface area is 144 Å². The lowest BCUT2D eigenvalue weighted by molar-refractivity contribution is -0.133. The first-order valence-electron chi connectivity index (χ1n) is 7.74. The van der Waals surface area contributed by atoms with Gasteiger partial charge >= 0.3 is 5.97 Å². The van der Waals surface area contributed by atoms with Crippen LogP contribution in [0, 0.1) is 5.92 Å². The van der Waals surface area contributed by atoms with Gasteiger partial charge in [-0.05, 0) is 12.8 Å². The molecule has 0 aromatic heterocycles. The third-order valence-electron chi connectivity index (χ3n) is 3.79. The molecule has 0 unspecified atom stereocenters. The summed E-state index contributed by atoms with van der Waals surface area (Å²) in [5.41, 5.74) is 1.02. The third-order valence-corrected chi connectivity index (χ3v) is 4.71. The fourth-order valence-corrected chi connectivity index (χ4v) is 3.22. The molecular formula is C17H19NO5S. The van der Waals surface area contributed by atoms with Crippen LogP contribution in [0.1, 0.15) is 40.0 Å². The average molecular weight is 349 g/mol. The summed E-state index contributed by atoms with van der Waals surface area (Å²) in [7, 11) is 0. The summed E-state index contributed by atoms with van der Waals surface area (Å²) in [5, 5.41) is 11.2. The number of Topliss-reactive ketones (excluding diaryl/α,β-unsaturated/α-hetero) is 2. The quantitative estimate of drug-likeness (QED) is 0.521. The van der Waals surface area contributed by atoms with Crippen molar-refractivity contribution in [3.63, 3.8) is 0 Å². The second-order valence-electron chi connectivity index (χ2n) is 5.56. The number of benzene rings is 1. The monoisotopic (exact) mass is 349 g/mol. The number of carbonyl (C=O) groups is 4. The smallest absolute Gasteiger partial charge is 0.313 e. The Morgan fingerprint density at radius 2 is 1.67 bits per heavy atom. The molecule has 2 rings (SSSR count). The number of aliphatic carboxylic acids is 1. The maximum Gasteiger partial charge on any atom is 0.313 e. The molecule has 24 heavy (non-hydrogen) atoms. The zero-order valence-electron chi connectivity index (χ0n) is 13.1. The van der Waals surface area contributed by atoms with Crippen LogP contribution in [-0.4, -0.2) is 46.6 Å². The van der Waals surface area contributed by atoms with E-state index in [1.54, 1.807) is 24.3 Å². The zero-order valence-corrected chi connectivity index (χ0v) is 13.9. The van der Waals surface area contributed by atoms with E-state index in [-0.39, 0.29) is 29.0 Å². The van der Waals surface area contributed by atoms with Crippen molar-refractivity contribution < 1.29 is 24.3 Å². The highest BCUT2D eigenvalue weighted by molar-refractivity contribution is 8.00. The maximum atomic E-state index is 12.2. The molecule has 0 saturated heterocycles. The molecule has 1 aromatic rings. The second-order valence-corrected chi connectivity index (χ2v) is 6.54. The molecule has 0 heterocycles. The van der Waals surface area contributed by atoms with E-state index in [9.17, 15) is 19.2 Å². The van der Waals surface area contributed by atoms with Crippen LogP contribution < -0.4 is 5.32 Å². The number of carbonyl (C=O) groups excluding carboxylic acids is 3. The van der Waals surface area contributed by atoms with Gasteiger partial charge in [-0.15, -0.1) is 11.8 Å². The lowest BCUT2D eigenvalue weighted by Gasteiger charge is -2.07. The zero-order chi connectivity index (χ0) is 17.5. The van der Waals surface area contributed by atoms with Crippen molar-refractivity contribution in [2.24, 2.45) is 5.92 Å². The fourth-order valence-electron chi connectivity index (χ4n) is 2.65. The van der Waals surface area contributed by atoms with E-state index in [1.165, 1.54) is 0 Å². The number of carboxylic acid groups (broad SMARTS) is 1. The molecule has 1 aliphatic rings. The standard InChI is InChI=1S/C17H19NO5S/c19-14(9-24-10-15(20)21)18-8-4-3-7-13-16(22)11-5-1-2-6-12(11)17(13)23/h1-2,5-6,13H,3-4,7-10H2,(H,18,19)(H,20,21). The summed E-state index contributed by atoms with van der Waals surface area (Å²) < 4.78 is 0. The van der Waals surface area contributed by atoms with Crippen molar-refractivity contribution in [2.45, 2.75) is 19.3 Å². The van der Waals surface area contributed by atoms with Gasteiger partial charge in [-0.3, -0.25) is 19.2 Å². The van der Waals surface area contributed by atoms with Crippen LogP contribution in [0.5, 0.6) is 0 Å². The molecule has 2 N–H and O–H groups in total. The molecule has 7 heteroatoms. The molecule has 0 aliphatic heterocycles. The van der Waals surface area contributed by atoms with Gasteiger partial charge in [0.05, 0.1) is 17.4 Å². The number of thioether (sulfide) groups is 1. The van der Waals surface area contributed by atoms with Gasteiger partial charge < -0.3 is 10.4 Å². The van der Waals surface area contributed by atoms with Crippen LogP contribution in [0.4, 0.5) is 0 Å². The van der Waals surface area contributed by atoms with Crippen molar-refractivity contribution in [2.75, 3.05) is 18.1 Å². The first kappa shape index (κ1) is 18.2. The molecule has 0 bridgehead atoms. The number of fused-ring (bicyclic) bond motifs is 1. The summed E-state index contributed by atoms with van der Waals surface area (Å²) in [6.07, 6.45) is 1.82. The summed E-state index contributed by atoms with van der Waals surface area (Å²) >= 11 is 1.05. The number of unbranched alkanes of at least 4 members (excludes halogenated alkanes) is 1. The van der Waals surface area contributed by atoms with Crippen LogP contribution in [0.3, 0.4) is 0 Å². The lowest BCUT2D eigenvalue weighted by atomic mass is 9.97. The largest absolute Gasteiger partial charge is 0.481 e. The van der Waals surface area contributed by atoms with Gasteiger partial charge in [0.2, 0.25) is 5.91 Å². The van der Waals surface area contributed by atoms with Crippen molar-refractivity contribution in [1.82, 2.24) is 5.32 Å². The first-order valence-corrected chi connectivity index (χ1v) is 8.90. The molecule has 0 radical (unpaired) electrons. The Morgan fingerprint density at radius 3 is 2.25 bits per heavy atom. The highest BCUT2D eigenvalue weighted by Crippen LogP contribution is 2.29. The minimum absolute atomic E-state index is 0.0973. The number of hydrogen-bond donors (Lipinski definition) is 2. The number of rotatable bonds is 9. The Hall–Kier alpha value is -2.15. The number of nitrogens with one attached hydrogen (secondary N) is 1. The molecule has 1 aromatic carbocycles. The van der Waals surface area contributed by atoms with E-state index in [2.05, 4.69) is 5.32 Å². The lowest BCUT2D eigenvalue weighted by Crippen LogP contribution is -2.26. The predicted molar refractivity (Wildman–Crippen MR) is 90.4 cm³/mol. The minimum atomic E-state index is -0.945. The van der Waals surface area contributed by atoms with E-state index in [4.69, 9.17) is 5.11 Å². The van der Waals surface area contributed by atoms with Crippen LogP contribution in [0.25, 0.3) is 0 Å². The van der Waals surface area contributed by atoms with Gasteiger partial charge in [-0.2, -0.15) is 0 Å². The van der Waals surface area contributed by atoms with Crippen LogP contribution in [0.2, 0.25) is 0 Å². The first-order chi connectivity index (χ1) is 11.5. The van der Waals surface area contributed by atoms with E-state index >= 15 is 0 Å². The van der Waals surface area contributed by atoms with Gasteiger partial charge in [-0.1, -0.05) is 30.7 Å². The molecule has 0 spiro atoms. The Bertz CT molecular complexity index is 623.